The van der Waals surface area contributed by atoms with Crippen LogP contribution in [0.2, 0.25) is 0 Å². The van der Waals surface area contributed by atoms with Crippen molar-refractivity contribution in [3.63, 3.8) is 0 Å². The molecule has 0 saturated carbocycles. The highest BCUT2D eigenvalue weighted by molar-refractivity contribution is 7.19. The van der Waals surface area contributed by atoms with Crippen LogP contribution in [0.3, 0.4) is 0 Å². The third kappa shape index (κ3) is 3.14. The highest BCUT2D eigenvalue weighted by atomic mass is 32.1. The van der Waals surface area contributed by atoms with Gasteiger partial charge in [-0.05, 0) is 0 Å². The zero-order chi connectivity index (χ0) is 15.4. The smallest absolute Gasteiger partial charge is 0.261 e. The Labute approximate surface area is 124 Å². The maximum atomic E-state index is 12.3. The SMILES string of the molecule is COc1cc(OC)c(C(=O)Nc2nnc(N)s2)cc1OC. The van der Waals surface area contributed by atoms with E-state index >= 15 is 0 Å². The van der Waals surface area contributed by atoms with Gasteiger partial charge in [-0.3, -0.25) is 10.1 Å². The Bertz CT molecular complexity index is 659. The lowest BCUT2D eigenvalue weighted by atomic mass is 10.1. The number of hydrogen-bond acceptors (Lipinski definition) is 8. The molecule has 21 heavy (non-hydrogen) atoms. The Kier molecular flexibility index (Phi) is 4.43. The van der Waals surface area contributed by atoms with Crippen molar-refractivity contribution in [1.29, 1.82) is 0 Å². The van der Waals surface area contributed by atoms with Crippen molar-refractivity contribution in [3.8, 4) is 17.2 Å². The number of anilines is 2. The van der Waals surface area contributed by atoms with Crippen molar-refractivity contribution in [1.82, 2.24) is 10.2 Å². The molecule has 9 heteroatoms. The summed E-state index contributed by atoms with van der Waals surface area (Å²) in [4.78, 5) is 12.3. The number of nitrogens with zero attached hydrogens (tertiary/aromatic N) is 2. The van der Waals surface area contributed by atoms with Crippen LogP contribution in [0.15, 0.2) is 12.1 Å². The molecule has 1 aromatic carbocycles. The Morgan fingerprint density at radius 2 is 1.71 bits per heavy atom. The molecule has 0 bridgehead atoms. The normalized spacial score (nSPS) is 10.0. The van der Waals surface area contributed by atoms with Crippen molar-refractivity contribution < 1.29 is 19.0 Å². The second kappa shape index (κ2) is 6.27. The number of carbonyl (C=O) groups is 1. The number of aromatic nitrogens is 2. The Morgan fingerprint density at radius 3 is 2.24 bits per heavy atom. The third-order valence-corrected chi connectivity index (χ3v) is 3.28. The first-order valence-electron chi connectivity index (χ1n) is 5.79. The van der Waals surface area contributed by atoms with E-state index in [1.165, 1.54) is 27.4 Å². The predicted molar refractivity (Wildman–Crippen MR) is 78.4 cm³/mol. The highest BCUT2D eigenvalue weighted by Crippen LogP contribution is 2.35. The molecule has 1 amide bonds. The van der Waals surface area contributed by atoms with E-state index in [1.54, 1.807) is 6.07 Å². The molecular weight excluding hydrogens is 296 g/mol. The number of nitrogen functional groups attached to an aromatic ring is 1. The van der Waals surface area contributed by atoms with Crippen LogP contribution in [0.4, 0.5) is 10.3 Å². The maximum Gasteiger partial charge on any atom is 0.261 e. The van der Waals surface area contributed by atoms with E-state index in [1.807, 2.05) is 0 Å². The average molecular weight is 310 g/mol. The number of nitrogens with one attached hydrogen (secondary N) is 1. The van der Waals surface area contributed by atoms with Gasteiger partial charge in [0.25, 0.3) is 5.91 Å². The standard InChI is InChI=1S/C12H14N4O4S/c1-18-7-5-9(20-3)8(19-2)4-6(7)10(17)14-12-16-15-11(13)21-12/h4-5H,1-3H3,(H2,13,15)(H,14,16,17). The van der Waals surface area contributed by atoms with Gasteiger partial charge >= 0.3 is 0 Å². The highest BCUT2D eigenvalue weighted by Gasteiger charge is 2.18. The van der Waals surface area contributed by atoms with E-state index in [2.05, 4.69) is 15.5 Å². The predicted octanol–water partition coefficient (Wildman–Crippen LogP) is 1.40. The summed E-state index contributed by atoms with van der Waals surface area (Å²) in [5.41, 5.74) is 5.75. The second-order valence-corrected chi connectivity index (χ2v) is 4.82. The van der Waals surface area contributed by atoms with E-state index in [9.17, 15) is 4.79 Å². The van der Waals surface area contributed by atoms with Gasteiger partial charge in [-0.15, -0.1) is 10.2 Å². The molecule has 0 aliphatic carbocycles. The average Bonchev–Trinajstić information content (AvgIpc) is 2.90. The van der Waals surface area contributed by atoms with Crippen molar-refractivity contribution in [2.75, 3.05) is 32.4 Å². The molecule has 1 aromatic heterocycles. The first kappa shape index (κ1) is 14.9. The molecule has 2 aromatic rings. The molecule has 0 radical (unpaired) electrons. The fourth-order valence-corrected chi connectivity index (χ4v) is 2.16. The van der Waals surface area contributed by atoms with E-state index in [4.69, 9.17) is 19.9 Å². The molecule has 0 aliphatic rings. The van der Waals surface area contributed by atoms with E-state index < -0.39 is 5.91 Å². The molecular formula is C12H14N4O4S. The lowest BCUT2D eigenvalue weighted by Gasteiger charge is -2.13. The zero-order valence-corrected chi connectivity index (χ0v) is 12.5. The van der Waals surface area contributed by atoms with Crippen molar-refractivity contribution in [2.45, 2.75) is 0 Å². The van der Waals surface area contributed by atoms with Crippen LogP contribution in [0.25, 0.3) is 0 Å². The summed E-state index contributed by atoms with van der Waals surface area (Å²) in [5, 5.41) is 10.5. The largest absolute Gasteiger partial charge is 0.496 e. The summed E-state index contributed by atoms with van der Waals surface area (Å²) in [6.45, 7) is 0. The van der Waals surface area contributed by atoms with Crippen LogP contribution < -0.4 is 25.3 Å². The van der Waals surface area contributed by atoms with E-state index in [-0.39, 0.29) is 10.7 Å². The van der Waals surface area contributed by atoms with Crippen molar-refractivity contribution >= 4 is 27.5 Å². The number of hydrogen-bond donors (Lipinski definition) is 2. The minimum Gasteiger partial charge on any atom is -0.496 e. The van der Waals surface area contributed by atoms with Gasteiger partial charge < -0.3 is 19.9 Å². The summed E-state index contributed by atoms with van der Waals surface area (Å²) < 4.78 is 15.5. The molecule has 0 spiro atoms. The Balaban J connectivity index is 2.34. The van der Waals surface area contributed by atoms with Crippen molar-refractivity contribution in [2.24, 2.45) is 0 Å². The summed E-state index contributed by atoms with van der Waals surface area (Å²) >= 11 is 1.07. The lowest BCUT2D eigenvalue weighted by Crippen LogP contribution is -2.13. The molecule has 2 rings (SSSR count). The van der Waals surface area contributed by atoms with Gasteiger partial charge in [0.1, 0.15) is 5.75 Å². The lowest BCUT2D eigenvalue weighted by molar-refractivity contribution is 0.102. The monoisotopic (exact) mass is 310 g/mol. The zero-order valence-electron chi connectivity index (χ0n) is 11.7. The molecule has 0 fully saturated rings. The second-order valence-electron chi connectivity index (χ2n) is 3.81. The minimum atomic E-state index is -0.413. The summed E-state index contributed by atoms with van der Waals surface area (Å²) in [7, 11) is 4.44. The topological polar surface area (TPSA) is 109 Å². The fraction of sp³-hybridized carbons (Fsp3) is 0.250. The fourth-order valence-electron chi connectivity index (χ4n) is 1.66. The van der Waals surface area contributed by atoms with Crippen LogP contribution in [-0.4, -0.2) is 37.4 Å². The molecule has 8 nitrogen and oxygen atoms in total. The number of ether oxygens (including phenoxy) is 3. The van der Waals surface area contributed by atoms with Gasteiger partial charge in [0.05, 0.1) is 26.9 Å². The third-order valence-electron chi connectivity index (χ3n) is 2.61. The number of amides is 1. The van der Waals surface area contributed by atoms with Crippen LogP contribution in [-0.2, 0) is 0 Å². The first-order chi connectivity index (χ1) is 10.1. The van der Waals surface area contributed by atoms with Crippen LogP contribution >= 0.6 is 11.3 Å². The summed E-state index contributed by atoms with van der Waals surface area (Å²) in [6.07, 6.45) is 0. The number of nitrogens with two attached hydrogens (primary N) is 1. The molecule has 0 saturated heterocycles. The number of carbonyl (C=O) groups excluding carboxylic acids is 1. The quantitative estimate of drug-likeness (QED) is 0.859. The van der Waals surface area contributed by atoms with Crippen LogP contribution in [0, 0.1) is 0 Å². The van der Waals surface area contributed by atoms with Gasteiger partial charge in [0.15, 0.2) is 11.5 Å². The summed E-state index contributed by atoms with van der Waals surface area (Å²) in [6, 6.07) is 3.10. The van der Waals surface area contributed by atoms with Crippen LogP contribution in [0.1, 0.15) is 10.4 Å². The van der Waals surface area contributed by atoms with E-state index in [0.717, 1.165) is 11.3 Å². The van der Waals surface area contributed by atoms with Gasteiger partial charge in [0, 0.05) is 12.1 Å². The van der Waals surface area contributed by atoms with E-state index in [0.29, 0.717) is 22.4 Å². The van der Waals surface area contributed by atoms with Gasteiger partial charge in [0.2, 0.25) is 10.3 Å². The number of methoxy groups -OCH3 is 3. The number of benzene rings is 1. The molecule has 112 valence electrons. The molecule has 0 atom stereocenters. The molecule has 1 heterocycles. The van der Waals surface area contributed by atoms with Crippen LogP contribution in [0.5, 0.6) is 17.2 Å². The number of rotatable bonds is 5. The maximum absolute atomic E-state index is 12.3. The minimum absolute atomic E-state index is 0.268. The van der Waals surface area contributed by atoms with Gasteiger partial charge in [-0.2, -0.15) is 0 Å². The van der Waals surface area contributed by atoms with Crippen molar-refractivity contribution in [3.05, 3.63) is 17.7 Å². The Morgan fingerprint density at radius 1 is 1.10 bits per heavy atom. The Hall–Kier alpha value is -2.55. The summed E-state index contributed by atoms with van der Waals surface area (Å²) in [5.74, 6) is 0.817. The van der Waals surface area contributed by atoms with Gasteiger partial charge in [-0.1, -0.05) is 11.3 Å². The molecule has 0 unspecified atom stereocenters. The molecule has 3 N–H and O–H groups in total. The first-order valence-corrected chi connectivity index (χ1v) is 6.61. The van der Waals surface area contributed by atoms with Gasteiger partial charge in [-0.25, -0.2) is 0 Å². The molecule has 0 aliphatic heterocycles.